The zero-order chi connectivity index (χ0) is 12.6. The summed E-state index contributed by atoms with van der Waals surface area (Å²) in [6.45, 7) is 8.66. The van der Waals surface area contributed by atoms with Gasteiger partial charge in [0.25, 0.3) is 0 Å². The Labute approximate surface area is 111 Å². The van der Waals surface area contributed by atoms with Crippen molar-refractivity contribution in [3.8, 4) is 0 Å². The van der Waals surface area contributed by atoms with E-state index in [1.807, 2.05) is 0 Å². The summed E-state index contributed by atoms with van der Waals surface area (Å²) in [7, 11) is 0. The van der Waals surface area contributed by atoms with E-state index in [0.29, 0.717) is 0 Å². The summed E-state index contributed by atoms with van der Waals surface area (Å²) in [5, 5.41) is 3.67. The molecule has 2 rings (SSSR count). The van der Waals surface area contributed by atoms with Gasteiger partial charge in [0, 0.05) is 26.3 Å². The molecular weight excluding hydrogens is 226 g/mol. The normalized spacial score (nSPS) is 24.5. The maximum absolute atomic E-state index is 5.59. The van der Waals surface area contributed by atoms with Crippen molar-refractivity contribution in [1.82, 2.24) is 10.2 Å². The van der Waals surface area contributed by atoms with Gasteiger partial charge in [-0.15, -0.1) is 0 Å². The average Bonchev–Trinajstić information content (AvgIpc) is 2.42. The smallest absolute Gasteiger partial charge is 0.0469 e. The number of hydrogen-bond donors (Lipinski definition) is 2. The fourth-order valence-corrected chi connectivity index (χ4v) is 3.04. The highest BCUT2D eigenvalue weighted by Crippen LogP contribution is 2.17. The molecule has 2 heterocycles. The number of likely N-dealkylation sites (tertiary alicyclic amines) is 1. The molecular formula is C14H29N3O. The minimum Gasteiger partial charge on any atom is -0.381 e. The molecule has 3 N–H and O–H groups in total. The summed E-state index contributed by atoms with van der Waals surface area (Å²) >= 11 is 0. The van der Waals surface area contributed by atoms with Gasteiger partial charge in [0.1, 0.15) is 0 Å². The van der Waals surface area contributed by atoms with Crippen molar-refractivity contribution in [2.45, 2.75) is 25.7 Å². The molecule has 2 saturated heterocycles. The summed E-state index contributed by atoms with van der Waals surface area (Å²) in [5.41, 5.74) is 5.59. The monoisotopic (exact) mass is 255 g/mol. The summed E-state index contributed by atoms with van der Waals surface area (Å²) < 4.78 is 5.39. The first-order valence-corrected chi connectivity index (χ1v) is 7.59. The van der Waals surface area contributed by atoms with Crippen LogP contribution in [0.2, 0.25) is 0 Å². The highest BCUT2D eigenvalue weighted by atomic mass is 16.5. The Hall–Kier alpha value is -0.160. The molecule has 4 nitrogen and oxygen atoms in total. The summed E-state index contributed by atoms with van der Waals surface area (Å²) in [6, 6.07) is 0. The number of ether oxygens (including phenoxy) is 1. The molecule has 18 heavy (non-hydrogen) atoms. The molecule has 106 valence electrons. The minimum absolute atomic E-state index is 0.798. The van der Waals surface area contributed by atoms with Crippen LogP contribution in [0.25, 0.3) is 0 Å². The highest BCUT2D eigenvalue weighted by Gasteiger charge is 2.19. The topological polar surface area (TPSA) is 50.5 Å². The Balaban J connectivity index is 1.52. The quantitative estimate of drug-likeness (QED) is 0.732. The van der Waals surface area contributed by atoms with Crippen LogP contribution in [0, 0.1) is 11.8 Å². The van der Waals surface area contributed by atoms with Crippen molar-refractivity contribution in [3.05, 3.63) is 0 Å². The molecule has 2 fully saturated rings. The molecule has 2 aliphatic rings. The number of nitrogens with two attached hydrogens (primary N) is 1. The van der Waals surface area contributed by atoms with Gasteiger partial charge in [-0.05, 0) is 63.7 Å². The largest absolute Gasteiger partial charge is 0.381 e. The number of piperidine rings is 1. The Bertz CT molecular complexity index is 211. The highest BCUT2D eigenvalue weighted by molar-refractivity contribution is 4.75. The zero-order valence-corrected chi connectivity index (χ0v) is 11.6. The first-order chi connectivity index (χ1) is 8.88. The minimum atomic E-state index is 0.798. The van der Waals surface area contributed by atoms with Gasteiger partial charge in [-0.3, -0.25) is 0 Å². The second-order valence-electron chi connectivity index (χ2n) is 5.79. The number of nitrogens with zero attached hydrogens (tertiary/aromatic N) is 1. The third-order valence-electron chi connectivity index (χ3n) is 4.36. The van der Waals surface area contributed by atoms with Gasteiger partial charge in [0.2, 0.25) is 0 Å². The standard InChI is InChI=1S/C14H29N3O/c15-5-8-17-6-1-13(2-7-17)11-16-12-14-3-9-18-10-4-14/h13-14,16H,1-12,15H2. The molecule has 0 aliphatic carbocycles. The first kappa shape index (κ1) is 14.3. The maximum Gasteiger partial charge on any atom is 0.0469 e. The van der Waals surface area contributed by atoms with Crippen LogP contribution in [-0.2, 0) is 4.74 Å². The molecule has 2 aliphatic heterocycles. The van der Waals surface area contributed by atoms with E-state index in [-0.39, 0.29) is 0 Å². The van der Waals surface area contributed by atoms with Crippen LogP contribution in [0.4, 0.5) is 0 Å². The van der Waals surface area contributed by atoms with Gasteiger partial charge in [0.15, 0.2) is 0 Å². The molecule has 0 spiro atoms. The van der Waals surface area contributed by atoms with Crippen LogP contribution in [0.15, 0.2) is 0 Å². The average molecular weight is 255 g/mol. The van der Waals surface area contributed by atoms with E-state index in [9.17, 15) is 0 Å². The third kappa shape index (κ3) is 4.84. The fraction of sp³-hybridized carbons (Fsp3) is 1.00. The van der Waals surface area contributed by atoms with Crippen LogP contribution in [-0.4, -0.2) is 57.4 Å². The Morgan fingerprint density at radius 1 is 1.00 bits per heavy atom. The van der Waals surface area contributed by atoms with Crippen LogP contribution in [0.3, 0.4) is 0 Å². The van der Waals surface area contributed by atoms with Gasteiger partial charge in [-0.25, -0.2) is 0 Å². The van der Waals surface area contributed by atoms with E-state index in [0.717, 1.165) is 38.1 Å². The first-order valence-electron chi connectivity index (χ1n) is 7.59. The van der Waals surface area contributed by atoms with E-state index in [4.69, 9.17) is 10.5 Å². The van der Waals surface area contributed by atoms with Crippen molar-refractivity contribution in [1.29, 1.82) is 0 Å². The number of rotatable bonds is 6. The molecule has 0 saturated carbocycles. The predicted octanol–water partition coefficient (Wildman–Crippen LogP) is 0.673. The van der Waals surface area contributed by atoms with Crippen molar-refractivity contribution in [2.24, 2.45) is 17.6 Å². The van der Waals surface area contributed by atoms with E-state index in [1.165, 1.54) is 51.9 Å². The van der Waals surface area contributed by atoms with Gasteiger partial charge >= 0.3 is 0 Å². The van der Waals surface area contributed by atoms with Crippen molar-refractivity contribution in [2.75, 3.05) is 52.5 Å². The van der Waals surface area contributed by atoms with Crippen molar-refractivity contribution < 1.29 is 4.74 Å². The van der Waals surface area contributed by atoms with Crippen molar-refractivity contribution in [3.63, 3.8) is 0 Å². The second-order valence-corrected chi connectivity index (χ2v) is 5.79. The Morgan fingerprint density at radius 2 is 1.61 bits per heavy atom. The molecule has 0 aromatic rings. The fourth-order valence-electron chi connectivity index (χ4n) is 3.04. The lowest BCUT2D eigenvalue weighted by Gasteiger charge is -2.32. The van der Waals surface area contributed by atoms with Gasteiger partial charge in [-0.1, -0.05) is 0 Å². The summed E-state index contributed by atoms with van der Waals surface area (Å²) in [6.07, 6.45) is 5.14. The van der Waals surface area contributed by atoms with E-state index < -0.39 is 0 Å². The molecule has 0 aromatic heterocycles. The third-order valence-corrected chi connectivity index (χ3v) is 4.36. The summed E-state index contributed by atoms with van der Waals surface area (Å²) in [5.74, 6) is 1.72. The molecule has 0 amide bonds. The lowest BCUT2D eigenvalue weighted by atomic mass is 9.95. The lowest BCUT2D eigenvalue weighted by molar-refractivity contribution is 0.0656. The molecule has 0 aromatic carbocycles. The Kier molecular flexibility index (Phi) is 6.41. The Morgan fingerprint density at radius 3 is 2.22 bits per heavy atom. The molecule has 0 radical (unpaired) electrons. The maximum atomic E-state index is 5.59. The molecule has 0 bridgehead atoms. The van der Waals surface area contributed by atoms with E-state index in [2.05, 4.69) is 10.2 Å². The molecule has 4 heteroatoms. The van der Waals surface area contributed by atoms with Crippen molar-refractivity contribution >= 4 is 0 Å². The van der Waals surface area contributed by atoms with Gasteiger partial charge in [-0.2, -0.15) is 0 Å². The van der Waals surface area contributed by atoms with Crippen LogP contribution >= 0.6 is 0 Å². The zero-order valence-electron chi connectivity index (χ0n) is 11.6. The van der Waals surface area contributed by atoms with Gasteiger partial charge < -0.3 is 20.7 Å². The predicted molar refractivity (Wildman–Crippen MR) is 74.6 cm³/mol. The lowest BCUT2D eigenvalue weighted by Crippen LogP contribution is -2.40. The van der Waals surface area contributed by atoms with Crippen LogP contribution in [0.1, 0.15) is 25.7 Å². The van der Waals surface area contributed by atoms with E-state index in [1.54, 1.807) is 0 Å². The SMILES string of the molecule is NCCN1CCC(CNCC2CCOCC2)CC1. The van der Waals surface area contributed by atoms with Crippen LogP contribution < -0.4 is 11.1 Å². The second kappa shape index (κ2) is 8.10. The number of hydrogen-bond acceptors (Lipinski definition) is 4. The summed E-state index contributed by atoms with van der Waals surface area (Å²) in [4.78, 5) is 2.50. The van der Waals surface area contributed by atoms with E-state index >= 15 is 0 Å². The molecule has 0 unspecified atom stereocenters. The van der Waals surface area contributed by atoms with Gasteiger partial charge in [0.05, 0.1) is 0 Å². The van der Waals surface area contributed by atoms with Crippen LogP contribution in [0.5, 0.6) is 0 Å². The molecule has 0 atom stereocenters. The number of nitrogens with one attached hydrogen (secondary N) is 1.